The molecule has 0 aliphatic carbocycles. The minimum atomic E-state index is -1.12. The summed E-state index contributed by atoms with van der Waals surface area (Å²) >= 11 is 0. The highest BCUT2D eigenvalue weighted by atomic mass is 16.6. The van der Waals surface area contributed by atoms with Crippen LogP contribution < -0.4 is 0 Å². The molecule has 0 saturated heterocycles. The van der Waals surface area contributed by atoms with Crippen molar-refractivity contribution in [3.05, 3.63) is 35.9 Å². The predicted octanol–water partition coefficient (Wildman–Crippen LogP) is 0.726. The highest BCUT2D eigenvalue weighted by molar-refractivity contribution is 6.04. The summed E-state index contributed by atoms with van der Waals surface area (Å²) < 4.78 is 0. The van der Waals surface area contributed by atoms with Gasteiger partial charge in [-0.1, -0.05) is 41.4 Å². The van der Waals surface area contributed by atoms with E-state index < -0.39 is 24.5 Å². The van der Waals surface area contributed by atoms with Crippen molar-refractivity contribution in [2.45, 2.75) is 12.5 Å². The van der Waals surface area contributed by atoms with Gasteiger partial charge in [-0.3, -0.25) is 9.59 Å². The highest BCUT2D eigenvalue weighted by Gasteiger charge is 2.32. The number of amides is 1. The van der Waals surface area contributed by atoms with Crippen LogP contribution in [0.1, 0.15) is 12.0 Å². The highest BCUT2D eigenvalue weighted by Crippen LogP contribution is 2.18. The Hall–Kier alpha value is -2.81. The van der Waals surface area contributed by atoms with Crippen LogP contribution in [-0.2, 0) is 14.4 Å². The van der Waals surface area contributed by atoms with E-state index in [4.69, 9.17) is 16.4 Å². The molecule has 1 aromatic carbocycles. The second-order valence-electron chi connectivity index (χ2n) is 4.49. The third-order valence-corrected chi connectivity index (χ3v) is 2.97. The molecule has 0 spiro atoms. The van der Waals surface area contributed by atoms with Crippen molar-refractivity contribution >= 4 is 17.6 Å². The smallest absolute Gasteiger partial charge is 0.323 e. The van der Waals surface area contributed by atoms with Gasteiger partial charge in [0.15, 0.2) is 0 Å². The lowest BCUT2D eigenvalue weighted by Gasteiger charge is -2.20. The van der Waals surface area contributed by atoms with E-state index in [-0.39, 0.29) is 6.54 Å². The summed E-state index contributed by atoms with van der Waals surface area (Å²) in [4.78, 5) is 29.2. The Morgan fingerprint density at radius 2 is 2.14 bits per heavy atom. The van der Waals surface area contributed by atoms with Crippen LogP contribution in [0.25, 0.3) is 0 Å². The van der Waals surface area contributed by atoms with Gasteiger partial charge in [0.25, 0.3) is 5.91 Å². The Morgan fingerprint density at radius 3 is 2.76 bits per heavy atom. The number of terminal acetylenes is 1. The number of oxime groups is 1. The van der Waals surface area contributed by atoms with Gasteiger partial charge < -0.3 is 14.8 Å². The number of nitrogens with zero attached hydrogens (tertiary/aromatic N) is 2. The predicted molar refractivity (Wildman–Crippen MR) is 75.5 cm³/mol. The minimum absolute atomic E-state index is 0.0777. The molecule has 1 aromatic rings. The minimum Gasteiger partial charge on any atom is -0.480 e. The summed E-state index contributed by atoms with van der Waals surface area (Å²) in [6.45, 7) is -0.533. The average molecular weight is 286 g/mol. The van der Waals surface area contributed by atoms with E-state index in [0.717, 1.165) is 10.5 Å². The summed E-state index contributed by atoms with van der Waals surface area (Å²) in [7, 11) is 0. The second-order valence-corrected chi connectivity index (χ2v) is 4.49. The van der Waals surface area contributed by atoms with Crippen molar-refractivity contribution in [3.8, 4) is 12.3 Å². The zero-order chi connectivity index (χ0) is 15.2. The topological polar surface area (TPSA) is 79.2 Å². The third kappa shape index (κ3) is 3.60. The van der Waals surface area contributed by atoms with Crippen LogP contribution in [0.15, 0.2) is 35.5 Å². The molecule has 1 N–H and O–H groups in total. The van der Waals surface area contributed by atoms with Gasteiger partial charge in [-0.15, -0.1) is 6.42 Å². The molecule has 1 aliphatic rings. The first-order valence-corrected chi connectivity index (χ1v) is 6.34. The maximum absolute atomic E-state index is 12.2. The molecule has 21 heavy (non-hydrogen) atoms. The molecule has 1 amide bonds. The SMILES string of the molecule is C#CCN(CC(=O)O)C(=O)C1CC(c2ccccc2)=NO1. The number of carbonyl (C=O) groups excluding carboxylic acids is 1. The van der Waals surface area contributed by atoms with E-state index in [0.29, 0.717) is 12.1 Å². The normalized spacial score (nSPS) is 16.5. The van der Waals surface area contributed by atoms with Gasteiger partial charge >= 0.3 is 5.97 Å². The molecule has 6 heteroatoms. The van der Waals surface area contributed by atoms with Crippen LogP contribution in [0, 0.1) is 12.3 Å². The molecule has 0 aromatic heterocycles. The number of hydrogen-bond acceptors (Lipinski definition) is 4. The Kier molecular flexibility index (Phi) is 4.57. The Bertz CT molecular complexity index is 604. The standard InChI is InChI=1S/C15H14N2O4/c1-2-8-17(10-14(18)19)15(20)13-9-12(16-21-13)11-6-4-3-5-7-11/h1,3-7,13H,8-10H2,(H,18,19). The summed E-state index contributed by atoms with van der Waals surface area (Å²) in [5.41, 5.74) is 1.53. The number of aliphatic carboxylic acids is 1. The van der Waals surface area contributed by atoms with Crippen molar-refractivity contribution in [2.75, 3.05) is 13.1 Å². The van der Waals surface area contributed by atoms with Crippen molar-refractivity contribution in [1.29, 1.82) is 0 Å². The Morgan fingerprint density at radius 1 is 1.43 bits per heavy atom. The number of hydrogen-bond donors (Lipinski definition) is 1. The zero-order valence-electron chi connectivity index (χ0n) is 11.2. The fourth-order valence-electron chi connectivity index (χ4n) is 2.00. The fourth-order valence-corrected chi connectivity index (χ4v) is 2.00. The van der Waals surface area contributed by atoms with E-state index in [2.05, 4.69) is 11.1 Å². The van der Waals surface area contributed by atoms with Gasteiger partial charge in [0.1, 0.15) is 6.54 Å². The summed E-state index contributed by atoms with van der Waals surface area (Å²) in [5.74, 6) is 0.677. The van der Waals surface area contributed by atoms with Crippen molar-refractivity contribution in [1.82, 2.24) is 4.90 Å². The molecule has 2 rings (SSSR count). The van der Waals surface area contributed by atoms with Gasteiger partial charge in [-0.2, -0.15) is 0 Å². The maximum Gasteiger partial charge on any atom is 0.323 e. The quantitative estimate of drug-likeness (QED) is 0.809. The van der Waals surface area contributed by atoms with E-state index in [1.165, 1.54) is 0 Å². The molecule has 108 valence electrons. The van der Waals surface area contributed by atoms with Crippen LogP contribution >= 0.6 is 0 Å². The van der Waals surface area contributed by atoms with E-state index >= 15 is 0 Å². The number of carbonyl (C=O) groups is 2. The monoisotopic (exact) mass is 286 g/mol. The van der Waals surface area contributed by atoms with Crippen LogP contribution in [0.3, 0.4) is 0 Å². The number of rotatable bonds is 5. The number of carboxylic acid groups (broad SMARTS) is 1. The van der Waals surface area contributed by atoms with Gasteiger partial charge in [0.05, 0.1) is 12.3 Å². The Labute approximate surface area is 122 Å². The average Bonchev–Trinajstić information content (AvgIpc) is 2.96. The van der Waals surface area contributed by atoms with Gasteiger partial charge in [-0.25, -0.2) is 0 Å². The fraction of sp³-hybridized carbons (Fsp3) is 0.267. The molecule has 0 radical (unpaired) electrons. The largest absolute Gasteiger partial charge is 0.480 e. The van der Waals surface area contributed by atoms with Crippen molar-refractivity contribution in [2.24, 2.45) is 5.16 Å². The molecule has 6 nitrogen and oxygen atoms in total. The van der Waals surface area contributed by atoms with Crippen molar-refractivity contribution < 1.29 is 19.5 Å². The first kappa shape index (κ1) is 14.6. The zero-order valence-corrected chi connectivity index (χ0v) is 11.2. The summed E-state index contributed by atoms with van der Waals surface area (Å²) in [6, 6.07) is 9.34. The van der Waals surface area contributed by atoms with Gasteiger partial charge in [0.2, 0.25) is 6.10 Å². The number of benzene rings is 1. The third-order valence-electron chi connectivity index (χ3n) is 2.97. The van der Waals surface area contributed by atoms with Crippen molar-refractivity contribution in [3.63, 3.8) is 0 Å². The van der Waals surface area contributed by atoms with Crippen LogP contribution in [0.5, 0.6) is 0 Å². The van der Waals surface area contributed by atoms with Gasteiger partial charge in [-0.05, 0) is 5.56 Å². The summed E-state index contributed by atoms with van der Waals surface area (Å²) in [6.07, 6.45) is 4.62. The Balaban J connectivity index is 2.03. The van der Waals surface area contributed by atoms with E-state index in [1.54, 1.807) is 0 Å². The number of carboxylic acids is 1. The van der Waals surface area contributed by atoms with Crippen LogP contribution in [-0.4, -0.2) is 46.8 Å². The van der Waals surface area contributed by atoms with E-state index in [9.17, 15) is 9.59 Å². The maximum atomic E-state index is 12.2. The van der Waals surface area contributed by atoms with Gasteiger partial charge in [0, 0.05) is 6.42 Å². The molecule has 0 saturated carbocycles. The summed E-state index contributed by atoms with van der Waals surface area (Å²) in [5, 5.41) is 12.7. The second kappa shape index (κ2) is 6.57. The lowest BCUT2D eigenvalue weighted by Crippen LogP contribution is -2.42. The first-order valence-electron chi connectivity index (χ1n) is 6.34. The molecule has 1 atom stereocenters. The first-order chi connectivity index (χ1) is 10.1. The molecular weight excluding hydrogens is 272 g/mol. The lowest BCUT2D eigenvalue weighted by molar-refractivity contribution is -0.149. The molecule has 1 aliphatic heterocycles. The van der Waals surface area contributed by atoms with Crippen LogP contribution in [0.4, 0.5) is 0 Å². The van der Waals surface area contributed by atoms with Crippen LogP contribution in [0.2, 0.25) is 0 Å². The molecule has 0 bridgehead atoms. The molecule has 1 heterocycles. The van der Waals surface area contributed by atoms with E-state index in [1.807, 2.05) is 30.3 Å². The molecular formula is C15H14N2O4. The lowest BCUT2D eigenvalue weighted by atomic mass is 10.0. The molecule has 0 fully saturated rings. The molecule has 1 unspecified atom stereocenters.